The zero-order valence-corrected chi connectivity index (χ0v) is 11.5. The Morgan fingerprint density at radius 1 is 1.47 bits per heavy atom. The van der Waals surface area contributed by atoms with Crippen molar-refractivity contribution in [1.29, 1.82) is 0 Å². The van der Waals surface area contributed by atoms with Crippen LogP contribution >= 0.6 is 0 Å². The van der Waals surface area contributed by atoms with E-state index >= 15 is 0 Å². The van der Waals surface area contributed by atoms with E-state index in [4.69, 9.17) is 0 Å². The average Bonchev–Trinajstić information content (AvgIpc) is 2.36. The summed E-state index contributed by atoms with van der Waals surface area (Å²) in [5, 5.41) is 22.1. The van der Waals surface area contributed by atoms with Gasteiger partial charge in [0.05, 0.1) is 0 Å². The second-order valence-electron chi connectivity index (χ2n) is 4.70. The highest BCUT2D eigenvalue weighted by molar-refractivity contribution is 5.42. The Kier molecular flexibility index (Phi) is 4.48. The molecule has 0 aliphatic heterocycles. The lowest BCUT2D eigenvalue weighted by Crippen LogP contribution is -2.51. The van der Waals surface area contributed by atoms with Crippen molar-refractivity contribution < 1.29 is 10.2 Å². The molecule has 0 bridgehead atoms. The number of nitrogens with one attached hydrogen (secondary N) is 1. The number of aliphatic hydroxyl groups excluding tert-OH is 1. The predicted octanol–water partition coefficient (Wildman–Crippen LogP) is 2.23. The Morgan fingerprint density at radius 2 is 2.16 bits per heavy atom. The smallest absolute Gasteiger partial charge is 0.119 e. The van der Waals surface area contributed by atoms with E-state index in [1.54, 1.807) is 19.9 Å². The fourth-order valence-electron chi connectivity index (χ4n) is 1.62. The first-order valence-electron chi connectivity index (χ1n) is 6.13. The van der Waals surface area contributed by atoms with Crippen LogP contribution in [0.5, 0.6) is 0 Å². The molecule has 1 aliphatic rings. The van der Waals surface area contributed by atoms with Gasteiger partial charge in [0.1, 0.15) is 16.8 Å². The van der Waals surface area contributed by atoms with Gasteiger partial charge in [-0.3, -0.25) is 5.32 Å². The minimum Gasteiger partial charge on any atom is -0.511 e. The van der Waals surface area contributed by atoms with Crippen molar-refractivity contribution in [1.82, 2.24) is 5.32 Å². The molecular formula is C16H19NO2. The van der Waals surface area contributed by atoms with E-state index in [0.29, 0.717) is 0 Å². The summed E-state index contributed by atoms with van der Waals surface area (Å²) < 4.78 is 0. The molecule has 0 aromatic carbocycles. The molecule has 0 radical (unpaired) electrons. The molecule has 0 spiro atoms. The lowest BCUT2D eigenvalue weighted by atomic mass is 9.64. The molecule has 0 amide bonds. The first-order valence-corrected chi connectivity index (χ1v) is 6.13. The topological polar surface area (TPSA) is 52.5 Å². The molecule has 0 saturated heterocycles. The minimum absolute atomic E-state index is 0.0809. The Labute approximate surface area is 114 Å². The van der Waals surface area contributed by atoms with E-state index in [2.05, 4.69) is 35.8 Å². The van der Waals surface area contributed by atoms with E-state index in [1.807, 2.05) is 13.0 Å². The number of allylic oxidation sites excluding steroid dienone is 3. The molecule has 0 aromatic rings. The van der Waals surface area contributed by atoms with Crippen molar-refractivity contribution in [2.45, 2.75) is 32.8 Å². The standard InChI is InChI=1S/C16H19NO2/c1-5-7-13(6-2)8-10-17-11-9-15(3)14(18)12-16(15,4)19/h6-7,12,17-19H,2,5H2,1,3-4H3/b13-7+. The van der Waals surface area contributed by atoms with E-state index in [-0.39, 0.29) is 5.76 Å². The predicted molar refractivity (Wildman–Crippen MR) is 76.7 cm³/mol. The highest BCUT2D eigenvalue weighted by Crippen LogP contribution is 2.46. The molecule has 0 heterocycles. The van der Waals surface area contributed by atoms with Crippen LogP contribution in [0, 0.1) is 29.3 Å². The maximum Gasteiger partial charge on any atom is 0.119 e. The van der Waals surface area contributed by atoms with Crippen molar-refractivity contribution in [3.63, 3.8) is 0 Å². The van der Waals surface area contributed by atoms with Gasteiger partial charge in [-0.25, -0.2) is 0 Å². The zero-order chi connectivity index (χ0) is 14.5. The first-order chi connectivity index (χ1) is 8.87. The van der Waals surface area contributed by atoms with Gasteiger partial charge in [0, 0.05) is 17.7 Å². The Morgan fingerprint density at radius 3 is 2.63 bits per heavy atom. The van der Waals surface area contributed by atoms with E-state index in [9.17, 15) is 10.2 Å². The number of hydrogen-bond acceptors (Lipinski definition) is 3. The van der Waals surface area contributed by atoms with E-state index in [1.165, 1.54) is 6.08 Å². The van der Waals surface area contributed by atoms with Crippen LogP contribution in [0.3, 0.4) is 0 Å². The molecule has 100 valence electrons. The maximum absolute atomic E-state index is 9.93. The molecule has 1 rings (SSSR count). The van der Waals surface area contributed by atoms with Crippen LogP contribution in [0.4, 0.5) is 0 Å². The summed E-state index contributed by atoms with van der Waals surface area (Å²) in [5.74, 6) is 5.73. The average molecular weight is 257 g/mol. The molecule has 1 aliphatic carbocycles. The molecule has 3 N–H and O–H groups in total. The van der Waals surface area contributed by atoms with Crippen molar-refractivity contribution in [2.75, 3.05) is 0 Å². The molecule has 2 atom stereocenters. The fraction of sp³-hybridized carbons (Fsp3) is 0.375. The van der Waals surface area contributed by atoms with Crippen LogP contribution < -0.4 is 5.32 Å². The summed E-state index contributed by atoms with van der Waals surface area (Å²) >= 11 is 0. The van der Waals surface area contributed by atoms with Crippen LogP contribution in [0.15, 0.2) is 36.1 Å². The summed E-state index contributed by atoms with van der Waals surface area (Å²) in [7, 11) is 0. The quantitative estimate of drug-likeness (QED) is 0.404. The summed E-state index contributed by atoms with van der Waals surface area (Å²) in [6.07, 6.45) is 5.91. The molecule has 0 aromatic heterocycles. The van der Waals surface area contributed by atoms with Crippen molar-refractivity contribution in [3.05, 3.63) is 36.1 Å². The summed E-state index contributed by atoms with van der Waals surface area (Å²) in [4.78, 5) is 0. The Bertz CT molecular complexity index is 547. The lowest BCUT2D eigenvalue weighted by Gasteiger charge is -2.44. The normalized spacial score (nSPS) is 28.8. The molecule has 3 heteroatoms. The van der Waals surface area contributed by atoms with Crippen LogP contribution in [-0.2, 0) is 0 Å². The summed E-state index contributed by atoms with van der Waals surface area (Å²) in [6, 6.07) is 5.33. The number of aliphatic hydroxyl groups is 2. The van der Waals surface area contributed by atoms with Gasteiger partial charge >= 0.3 is 0 Å². The van der Waals surface area contributed by atoms with Crippen LogP contribution in [0.2, 0.25) is 0 Å². The largest absolute Gasteiger partial charge is 0.511 e. The van der Waals surface area contributed by atoms with Gasteiger partial charge in [-0.15, -0.1) is 0 Å². The highest BCUT2D eigenvalue weighted by atomic mass is 16.3. The van der Waals surface area contributed by atoms with Crippen LogP contribution in [-0.4, -0.2) is 15.8 Å². The second kappa shape index (κ2) is 5.69. The van der Waals surface area contributed by atoms with Crippen LogP contribution in [0.1, 0.15) is 27.2 Å². The SMILES string of the molecule is C=C/C(C#CNC#CC1(C)C(O)=CC1(C)O)=C\CC. The second-order valence-corrected chi connectivity index (χ2v) is 4.70. The van der Waals surface area contributed by atoms with Crippen molar-refractivity contribution in [3.8, 4) is 23.9 Å². The van der Waals surface area contributed by atoms with Gasteiger partial charge in [-0.2, -0.15) is 0 Å². The molecule has 3 nitrogen and oxygen atoms in total. The first kappa shape index (κ1) is 15.0. The fourth-order valence-corrected chi connectivity index (χ4v) is 1.62. The Balaban J connectivity index is 2.69. The maximum atomic E-state index is 9.93. The van der Waals surface area contributed by atoms with Gasteiger partial charge in [0.2, 0.25) is 0 Å². The highest BCUT2D eigenvalue weighted by Gasteiger charge is 2.52. The molecule has 0 saturated carbocycles. The molecule has 0 fully saturated rings. The Hall–Kier alpha value is -2.10. The van der Waals surface area contributed by atoms with Crippen LogP contribution in [0.25, 0.3) is 0 Å². The number of hydrogen-bond donors (Lipinski definition) is 3. The summed E-state index contributed by atoms with van der Waals surface area (Å²) in [6.45, 7) is 8.96. The summed E-state index contributed by atoms with van der Waals surface area (Å²) in [5.41, 5.74) is -1.23. The van der Waals surface area contributed by atoms with E-state index in [0.717, 1.165) is 12.0 Å². The van der Waals surface area contributed by atoms with Gasteiger partial charge in [0.25, 0.3) is 0 Å². The third-order valence-electron chi connectivity index (χ3n) is 3.23. The van der Waals surface area contributed by atoms with Crippen molar-refractivity contribution in [2.24, 2.45) is 5.41 Å². The van der Waals surface area contributed by atoms with Gasteiger partial charge in [-0.05, 0) is 32.3 Å². The van der Waals surface area contributed by atoms with Gasteiger partial charge < -0.3 is 10.2 Å². The van der Waals surface area contributed by atoms with E-state index < -0.39 is 11.0 Å². The molecule has 19 heavy (non-hydrogen) atoms. The van der Waals surface area contributed by atoms with Gasteiger partial charge in [0.15, 0.2) is 0 Å². The monoisotopic (exact) mass is 257 g/mol. The van der Waals surface area contributed by atoms with Crippen molar-refractivity contribution >= 4 is 0 Å². The molecule has 2 unspecified atom stereocenters. The third kappa shape index (κ3) is 3.02. The third-order valence-corrected chi connectivity index (χ3v) is 3.23. The van der Waals surface area contributed by atoms with Gasteiger partial charge in [-0.1, -0.05) is 31.6 Å². The lowest BCUT2D eigenvalue weighted by molar-refractivity contribution is -0.0233. The zero-order valence-electron chi connectivity index (χ0n) is 11.5. The minimum atomic E-state index is -1.12. The number of rotatable bonds is 2. The molecular weight excluding hydrogens is 238 g/mol.